The van der Waals surface area contributed by atoms with E-state index >= 15 is 0 Å². The Balaban J connectivity index is 2.30. The van der Waals surface area contributed by atoms with Gasteiger partial charge in [-0.25, -0.2) is 4.79 Å². The van der Waals surface area contributed by atoms with E-state index in [0.29, 0.717) is 12.1 Å². The van der Waals surface area contributed by atoms with Crippen molar-refractivity contribution in [2.75, 3.05) is 7.05 Å². The number of carbonyl (C=O) groups is 1. The second-order valence-electron chi connectivity index (χ2n) is 6.65. The Labute approximate surface area is 143 Å². The number of nitrogens with zero attached hydrogens (tertiary/aromatic N) is 2. The van der Waals surface area contributed by atoms with Crippen LogP contribution in [0.4, 0.5) is 4.79 Å². The van der Waals surface area contributed by atoms with E-state index in [9.17, 15) is 10.1 Å². The molecule has 0 spiro atoms. The predicted octanol–water partition coefficient (Wildman–Crippen LogP) is 4.59. The van der Waals surface area contributed by atoms with Crippen LogP contribution in [-0.2, 0) is 11.3 Å². The molecule has 4 nitrogen and oxygen atoms in total. The van der Waals surface area contributed by atoms with Gasteiger partial charge in [-0.15, -0.1) is 0 Å². The minimum atomic E-state index is -0.529. The molecule has 0 aliphatic carbocycles. The summed E-state index contributed by atoms with van der Waals surface area (Å²) in [7, 11) is 1.71. The molecule has 2 rings (SSSR count). The second-order valence-corrected chi connectivity index (χ2v) is 6.65. The first kappa shape index (κ1) is 17.6. The molecule has 0 N–H and O–H groups in total. The van der Waals surface area contributed by atoms with E-state index < -0.39 is 5.60 Å². The van der Waals surface area contributed by atoms with Gasteiger partial charge in [-0.3, -0.25) is 0 Å². The Hall–Kier alpha value is -2.80. The van der Waals surface area contributed by atoms with Gasteiger partial charge in [-0.05, 0) is 43.5 Å². The molecule has 0 radical (unpaired) electrons. The molecular formula is C20H22N2O2. The van der Waals surface area contributed by atoms with Gasteiger partial charge in [0.15, 0.2) is 0 Å². The van der Waals surface area contributed by atoms with Gasteiger partial charge in [0.2, 0.25) is 0 Å². The highest BCUT2D eigenvalue weighted by molar-refractivity contribution is 5.74. The number of hydrogen-bond donors (Lipinski definition) is 0. The zero-order valence-corrected chi connectivity index (χ0v) is 14.5. The third-order valence-electron chi connectivity index (χ3n) is 3.47. The van der Waals surface area contributed by atoms with Crippen molar-refractivity contribution in [3.05, 3.63) is 59.7 Å². The third kappa shape index (κ3) is 4.36. The first-order valence-corrected chi connectivity index (χ1v) is 7.83. The highest BCUT2D eigenvalue weighted by atomic mass is 16.6. The van der Waals surface area contributed by atoms with Gasteiger partial charge in [-0.2, -0.15) is 5.26 Å². The molecule has 0 saturated heterocycles. The van der Waals surface area contributed by atoms with Gasteiger partial charge in [0.25, 0.3) is 0 Å². The van der Waals surface area contributed by atoms with Crippen LogP contribution in [0, 0.1) is 11.3 Å². The molecule has 2 aromatic rings. The van der Waals surface area contributed by atoms with Crippen LogP contribution in [0.2, 0.25) is 0 Å². The molecule has 0 aliphatic heterocycles. The van der Waals surface area contributed by atoms with Gasteiger partial charge in [0.1, 0.15) is 5.60 Å². The summed E-state index contributed by atoms with van der Waals surface area (Å²) in [5, 5.41) is 9.33. The smallest absolute Gasteiger partial charge is 0.410 e. The minimum Gasteiger partial charge on any atom is -0.444 e. The lowest BCUT2D eigenvalue weighted by Crippen LogP contribution is -2.33. The summed E-state index contributed by atoms with van der Waals surface area (Å²) in [6.07, 6.45) is -0.370. The lowest BCUT2D eigenvalue weighted by atomic mass is 9.96. The van der Waals surface area contributed by atoms with Crippen molar-refractivity contribution in [2.24, 2.45) is 0 Å². The summed E-state index contributed by atoms with van der Waals surface area (Å²) in [4.78, 5) is 13.7. The van der Waals surface area contributed by atoms with Gasteiger partial charge >= 0.3 is 6.09 Å². The predicted molar refractivity (Wildman–Crippen MR) is 94.3 cm³/mol. The fraction of sp³-hybridized carbons (Fsp3) is 0.300. The molecule has 0 saturated carbocycles. The Bertz CT molecular complexity index is 770. The average Bonchev–Trinajstić information content (AvgIpc) is 2.53. The van der Waals surface area contributed by atoms with E-state index in [4.69, 9.17) is 4.74 Å². The molecule has 0 heterocycles. The maximum atomic E-state index is 12.2. The monoisotopic (exact) mass is 322 g/mol. The largest absolute Gasteiger partial charge is 0.444 e. The fourth-order valence-corrected chi connectivity index (χ4v) is 2.40. The van der Waals surface area contributed by atoms with E-state index in [1.54, 1.807) is 18.0 Å². The number of carbonyl (C=O) groups excluding carboxylic acids is 1. The Morgan fingerprint density at radius 2 is 1.67 bits per heavy atom. The molecule has 0 fully saturated rings. The first-order valence-electron chi connectivity index (χ1n) is 7.83. The van der Waals surface area contributed by atoms with Gasteiger partial charge < -0.3 is 9.64 Å². The highest BCUT2D eigenvalue weighted by Gasteiger charge is 2.20. The highest BCUT2D eigenvalue weighted by Crippen LogP contribution is 2.27. The van der Waals surface area contributed by atoms with Crippen molar-refractivity contribution < 1.29 is 9.53 Å². The van der Waals surface area contributed by atoms with E-state index in [2.05, 4.69) is 6.07 Å². The van der Waals surface area contributed by atoms with Crippen LogP contribution in [0.5, 0.6) is 0 Å². The summed E-state index contributed by atoms with van der Waals surface area (Å²) >= 11 is 0. The molecule has 0 aromatic heterocycles. The maximum Gasteiger partial charge on any atom is 0.410 e. The zero-order valence-electron chi connectivity index (χ0n) is 14.5. The summed E-state index contributed by atoms with van der Waals surface area (Å²) in [5.74, 6) is 0. The molecule has 1 amide bonds. The molecule has 4 heteroatoms. The van der Waals surface area contributed by atoms with Crippen LogP contribution >= 0.6 is 0 Å². The fourth-order valence-electron chi connectivity index (χ4n) is 2.40. The van der Waals surface area contributed by atoms with Gasteiger partial charge in [-0.1, -0.05) is 42.5 Å². The van der Waals surface area contributed by atoms with Crippen LogP contribution in [0.15, 0.2) is 48.5 Å². The Kier molecular flexibility index (Phi) is 5.25. The molecule has 124 valence electrons. The van der Waals surface area contributed by atoms with Crippen LogP contribution in [-0.4, -0.2) is 23.6 Å². The maximum absolute atomic E-state index is 12.2. The van der Waals surface area contributed by atoms with Crippen molar-refractivity contribution >= 4 is 6.09 Å². The Morgan fingerprint density at radius 3 is 2.29 bits per heavy atom. The summed E-state index contributed by atoms with van der Waals surface area (Å²) in [5.41, 5.74) is 2.87. The van der Waals surface area contributed by atoms with Gasteiger partial charge in [0.05, 0.1) is 11.6 Å². The van der Waals surface area contributed by atoms with E-state index in [1.807, 2.05) is 63.2 Å². The molecule has 0 unspecified atom stereocenters. The molecule has 24 heavy (non-hydrogen) atoms. The Morgan fingerprint density at radius 1 is 1.08 bits per heavy atom. The lowest BCUT2D eigenvalue weighted by molar-refractivity contribution is 0.0285. The van der Waals surface area contributed by atoms with Gasteiger partial charge in [0, 0.05) is 13.6 Å². The number of ether oxygens (including phenoxy) is 1. The molecule has 2 aromatic carbocycles. The average molecular weight is 322 g/mol. The normalized spacial score (nSPS) is 10.8. The van der Waals surface area contributed by atoms with E-state index in [0.717, 1.165) is 16.7 Å². The van der Waals surface area contributed by atoms with Crippen LogP contribution < -0.4 is 0 Å². The molecular weight excluding hydrogens is 300 g/mol. The number of nitriles is 1. The van der Waals surface area contributed by atoms with Crippen molar-refractivity contribution in [3.63, 3.8) is 0 Å². The molecule has 0 aliphatic rings. The van der Waals surface area contributed by atoms with Crippen molar-refractivity contribution in [1.29, 1.82) is 5.26 Å². The number of benzene rings is 2. The molecule has 0 bridgehead atoms. The van der Waals surface area contributed by atoms with Crippen LogP contribution in [0.3, 0.4) is 0 Å². The summed E-state index contributed by atoms with van der Waals surface area (Å²) < 4.78 is 5.40. The number of rotatable bonds is 3. The van der Waals surface area contributed by atoms with Crippen molar-refractivity contribution in [3.8, 4) is 17.2 Å². The zero-order chi connectivity index (χ0) is 17.7. The topological polar surface area (TPSA) is 53.3 Å². The van der Waals surface area contributed by atoms with E-state index in [1.165, 1.54) is 0 Å². The summed E-state index contributed by atoms with van der Waals surface area (Å²) in [6.45, 7) is 5.94. The third-order valence-corrected chi connectivity index (χ3v) is 3.47. The number of amides is 1. The van der Waals surface area contributed by atoms with Crippen LogP contribution in [0.25, 0.3) is 11.1 Å². The minimum absolute atomic E-state index is 0.370. The van der Waals surface area contributed by atoms with E-state index in [-0.39, 0.29) is 6.09 Å². The van der Waals surface area contributed by atoms with Crippen molar-refractivity contribution in [1.82, 2.24) is 4.90 Å². The lowest BCUT2D eigenvalue weighted by Gasteiger charge is -2.25. The second kappa shape index (κ2) is 7.18. The SMILES string of the molecule is CN(Cc1ccccc1-c1ccccc1C#N)C(=O)OC(C)(C)C. The summed E-state index contributed by atoms with van der Waals surface area (Å²) in [6, 6.07) is 17.5. The van der Waals surface area contributed by atoms with Crippen molar-refractivity contribution in [2.45, 2.75) is 32.9 Å². The molecule has 0 atom stereocenters. The number of hydrogen-bond acceptors (Lipinski definition) is 3. The van der Waals surface area contributed by atoms with Crippen LogP contribution in [0.1, 0.15) is 31.9 Å². The quantitative estimate of drug-likeness (QED) is 0.830. The standard InChI is InChI=1S/C20H22N2O2/c1-20(2,3)24-19(23)22(4)14-16-10-6-8-12-18(16)17-11-7-5-9-15(17)13-21/h5-12H,14H2,1-4H3. The first-order chi connectivity index (χ1) is 11.3.